The summed E-state index contributed by atoms with van der Waals surface area (Å²) in [4.78, 5) is 0. The lowest BCUT2D eigenvalue weighted by Crippen LogP contribution is -2.15. The Morgan fingerprint density at radius 2 is 0.400 bits per heavy atom. The minimum atomic E-state index is -0.620. The summed E-state index contributed by atoms with van der Waals surface area (Å²) in [6.07, 6.45) is 17.8. The molecule has 1 fully saturated rings. The van der Waals surface area contributed by atoms with Gasteiger partial charge in [0.25, 0.3) is 0 Å². The molecule has 6 heteroatoms. The van der Waals surface area contributed by atoms with Crippen LogP contribution in [0, 0.1) is 0 Å². The maximum atomic E-state index is 2.54. The van der Waals surface area contributed by atoms with Crippen LogP contribution in [0.25, 0.3) is 0 Å². The Kier molecular flexibility index (Phi) is 17.0. The van der Waals surface area contributed by atoms with Gasteiger partial charge in [0, 0.05) is 0 Å². The maximum absolute atomic E-state index is 2.54. The summed E-state index contributed by atoms with van der Waals surface area (Å²) in [5.74, 6) is 0. The fourth-order valence-electron chi connectivity index (χ4n) is 7.53. The third kappa shape index (κ3) is 11.5. The van der Waals surface area contributed by atoms with Crippen molar-refractivity contribution in [3.05, 3.63) is 182 Å². The van der Waals surface area contributed by atoms with Crippen LogP contribution < -0.4 is 31.8 Å². The van der Waals surface area contributed by atoms with Gasteiger partial charge in [-0.1, -0.05) is 240 Å². The Hall–Kier alpha value is -2.10. The van der Waals surface area contributed by atoms with Gasteiger partial charge < -0.3 is 0 Å². The highest BCUT2D eigenvalue weighted by Gasteiger charge is 2.44. The molecule has 6 atom stereocenters. The van der Waals surface area contributed by atoms with Crippen molar-refractivity contribution in [2.24, 2.45) is 0 Å². The average Bonchev–Trinajstić information content (AvgIpc) is 3.26. The van der Waals surface area contributed by atoms with Crippen LogP contribution in [0.1, 0.15) is 70.6 Å². The fourth-order valence-corrected chi connectivity index (χ4v) is 63.3. The predicted octanol–water partition coefficient (Wildman–Crippen LogP) is 14.7. The van der Waals surface area contributed by atoms with Crippen LogP contribution in [0.15, 0.2) is 182 Å². The second-order valence-corrected chi connectivity index (χ2v) is 38.5. The Labute approximate surface area is 339 Å². The third-order valence-electron chi connectivity index (χ3n) is 10.3. The van der Waals surface area contributed by atoms with Gasteiger partial charge in [-0.05, 0) is 101 Å². The van der Waals surface area contributed by atoms with Crippen molar-refractivity contribution in [3.8, 4) is 0 Å². The molecule has 0 aromatic heterocycles. The molecule has 1 heterocycles. The van der Waals surface area contributed by atoms with E-state index >= 15 is 0 Å². The molecule has 55 heavy (non-hydrogen) atoms. The lowest BCUT2D eigenvalue weighted by Gasteiger charge is -2.45. The summed E-state index contributed by atoms with van der Waals surface area (Å²) in [5.41, 5.74) is 0. The van der Waals surface area contributed by atoms with Crippen molar-refractivity contribution in [1.29, 1.82) is 0 Å². The van der Waals surface area contributed by atoms with Crippen LogP contribution in [0.3, 0.4) is 0 Å². The minimum Gasteiger partial charge on any atom is -0.0622 e. The van der Waals surface area contributed by atoms with E-state index in [4.69, 9.17) is 0 Å². The lowest BCUT2D eigenvalue weighted by molar-refractivity contribution is 0.555. The van der Waals surface area contributed by atoms with Gasteiger partial charge in [-0.3, -0.25) is 0 Å². The summed E-state index contributed by atoms with van der Waals surface area (Å²) >= 11 is 0. The van der Waals surface area contributed by atoms with Crippen LogP contribution in [-0.4, -0.2) is 12.3 Å². The summed E-state index contributed by atoms with van der Waals surface area (Å²) in [6.45, 7) is 0. The van der Waals surface area contributed by atoms with Gasteiger partial charge in [-0.25, -0.2) is 0 Å². The van der Waals surface area contributed by atoms with Crippen molar-refractivity contribution in [2.45, 2.75) is 70.6 Å². The van der Waals surface area contributed by atoms with Crippen LogP contribution in [-0.2, 0) is 0 Å². The summed E-state index contributed by atoms with van der Waals surface area (Å²) in [6, 6.07) is 71.7. The smallest absolute Gasteiger partial charge is 0.00600 e. The van der Waals surface area contributed by atoms with Gasteiger partial charge in [0.1, 0.15) is 0 Å². The largest absolute Gasteiger partial charge is 0.0622 e. The van der Waals surface area contributed by atoms with E-state index in [1.165, 1.54) is 83.0 Å². The van der Waals surface area contributed by atoms with E-state index in [1.807, 2.05) is 0 Å². The zero-order valence-electron chi connectivity index (χ0n) is 32.2. The Bertz CT molecular complexity index is 1770. The molecule has 0 aliphatic carbocycles. The molecule has 0 spiro atoms. The highest BCUT2D eigenvalue weighted by molar-refractivity contribution is 8.96. The minimum absolute atomic E-state index is 0.450. The molecule has 6 aromatic carbocycles. The highest BCUT2D eigenvalue weighted by Crippen LogP contribution is 3.05. The number of hydrogen-bond donors (Lipinski definition) is 0. The molecule has 7 rings (SSSR count). The quantitative estimate of drug-likeness (QED) is 0.147. The first-order valence-corrected chi connectivity index (χ1v) is 32.4. The van der Waals surface area contributed by atoms with Crippen molar-refractivity contribution in [2.75, 3.05) is 12.3 Å². The summed E-state index contributed by atoms with van der Waals surface area (Å²) in [7, 11) is -3.27. The predicted molar refractivity (Wildman–Crippen MR) is 258 cm³/mol. The topological polar surface area (TPSA) is 0 Å². The molecular formula is C49H56P6. The average molecular weight is 831 g/mol. The second kappa shape index (κ2) is 22.7. The van der Waals surface area contributed by atoms with Crippen LogP contribution in [0.2, 0.25) is 0 Å². The molecule has 0 N–H and O–H groups in total. The normalized spacial score (nSPS) is 23.8. The zero-order chi connectivity index (χ0) is 37.3. The SMILES string of the molecule is c1ccc(P2CCCCCCCCCCCCCP(c3ccccc3)P(c3ccccc3)P(c3ccccc3)P(c3ccccc3)P2c2ccccc2)cc1. The van der Waals surface area contributed by atoms with Crippen LogP contribution >= 0.6 is 44.4 Å². The Morgan fingerprint density at radius 1 is 0.200 bits per heavy atom. The van der Waals surface area contributed by atoms with E-state index in [0.29, 0.717) is 0 Å². The first kappa shape index (κ1) is 41.1. The van der Waals surface area contributed by atoms with E-state index in [0.717, 1.165) is 0 Å². The maximum Gasteiger partial charge on any atom is -0.00600 e. The standard InChI is InChI=1S/C49H56P6/c1-2-4-6-8-28-42-50(44-30-16-10-17-31-44)52(46-34-20-12-21-35-46)54(48-38-24-14-25-39-48)55(49-40-26-15-27-41-49)53(47-36-22-13-23-37-47)51(43-29-9-7-5-3-1)45-32-18-11-19-33-45/h10-27,30-41H,1-9,28-29,42-43H2. The molecule has 0 nitrogen and oxygen atoms in total. The highest BCUT2D eigenvalue weighted by atomic mass is 32.8. The van der Waals surface area contributed by atoms with E-state index in [-0.39, 0.29) is 0 Å². The van der Waals surface area contributed by atoms with Gasteiger partial charge in [-0.2, -0.15) is 0 Å². The second-order valence-electron chi connectivity index (χ2n) is 14.3. The van der Waals surface area contributed by atoms with Gasteiger partial charge >= 0.3 is 0 Å². The first-order chi connectivity index (χ1) is 27.4. The van der Waals surface area contributed by atoms with Crippen LogP contribution in [0.4, 0.5) is 0 Å². The molecule has 1 aliphatic rings. The van der Waals surface area contributed by atoms with Gasteiger partial charge in [0.2, 0.25) is 0 Å². The lowest BCUT2D eigenvalue weighted by atomic mass is 10.1. The number of rotatable bonds is 6. The van der Waals surface area contributed by atoms with Crippen LogP contribution in [0.5, 0.6) is 0 Å². The number of benzene rings is 6. The third-order valence-corrected chi connectivity index (χ3v) is 50.1. The van der Waals surface area contributed by atoms with Gasteiger partial charge in [0.05, 0.1) is 0 Å². The van der Waals surface area contributed by atoms with Gasteiger partial charge in [0.15, 0.2) is 0 Å². The number of hydrogen-bond acceptors (Lipinski definition) is 0. The molecule has 0 radical (unpaired) electrons. The summed E-state index contributed by atoms with van der Waals surface area (Å²) in [5, 5.41) is 9.68. The van der Waals surface area contributed by atoms with Crippen molar-refractivity contribution < 1.29 is 0 Å². The molecule has 0 bridgehead atoms. The molecular weight excluding hydrogens is 774 g/mol. The molecule has 1 saturated heterocycles. The Balaban J connectivity index is 1.50. The van der Waals surface area contributed by atoms with E-state index in [2.05, 4.69) is 182 Å². The monoisotopic (exact) mass is 830 g/mol. The molecule has 282 valence electrons. The summed E-state index contributed by atoms with van der Waals surface area (Å²) < 4.78 is 0. The van der Waals surface area contributed by atoms with E-state index in [1.54, 1.807) is 31.8 Å². The van der Waals surface area contributed by atoms with Crippen molar-refractivity contribution in [3.63, 3.8) is 0 Å². The van der Waals surface area contributed by atoms with Crippen molar-refractivity contribution in [1.82, 2.24) is 0 Å². The first-order valence-electron chi connectivity index (χ1n) is 20.4. The molecule has 1 aliphatic heterocycles. The fraction of sp³-hybridized carbons (Fsp3) is 0.265. The van der Waals surface area contributed by atoms with Crippen molar-refractivity contribution >= 4 is 76.2 Å². The zero-order valence-corrected chi connectivity index (χ0v) is 37.6. The van der Waals surface area contributed by atoms with Gasteiger partial charge in [-0.15, -0.1) is 0 Å². The molecule has 0 saturated carbocycles. The Morgan fingerprint density at radius 3 is 0.655 bits per heavy atom. The van der Waals surface area contributed by atoms with E-state index in [9.17, 15) is 0 Å². The molecule has 6 unspecified atom stereocenters. The molecule has 6 aromatic rings. The molecule has 0 amide bonds. The van der Waals surface area contributed by atoms with E-state index < -0.39 is 44.4 Å².